The van der Waals surface area contributed by atoms with Crippen LogP contribution in [0.1, 0.15) is 44.7 Å². The van der Waals surface area contributed by atoms with Gasteiger partial charge in [-0.1, -0.05) is 26.0 Å². The van der Waals surface area contributed by atoms with Crippen molar-refractivity contribution in [2.24, 2.45) is 0 Å². The largest absolute Gasteiger partial charge is 0.481 e. The maximum atomic E-state index is 11.9. The number of hydrogen-bond acceptors (Lipinski definition) is 3. The fraction of sp³-hybridized carbons (Fsp3) is 0.500. The zero-order chi connectivity index (χ0) is 16.2. The van der Waals surface area contributed by atoms with Gasteiger partial charge in [0.15, 0.2) is 6.10 Å². The molecule has 0 saturated carbocycles. The first kappa shape index (κ1) is 17.0. The average molecular weight is 293 g/mol. The monoisotopic (exact) mass is 293 g/mol. The van der Waals surface area contributed by atoms with Crippen molar-refractivity contribution in [1.29, 1.82) is 0 Å². The molecule has 2 atom stereocenters. The molecule has 0 aliphatic carbocycles. The summed E-state index contributed by atoms with van der Waals surface area (Å²) in [4.78, 5) is 22.6. The summed E-state index contributed by atoms with van der Waals surface area (Å²) in [6.45, 7) is 9.09. The second kappa shape index (κ2) is 7.11. The Bertz CT molecular complexity index is 525. The summed E-state index contributed by atoms with van der Waals surface area (Å²) >= 11 is 0. The van der Waals surface area contributed by atoms with Crippen LogP contribution < -0.4 is 10.1 Å². The molecule has 0 aliphatic heterocycles. The van der Waals surface area contributed by atoms with Gasteiger partial charge in [0.2, 0.25) is 0 Å². The van der Waals surface area contributed by atoms with Crippen LogP contribution in [0.25, 0.3) is 0 Å². The predicted molar refractivity (Wildman–Crippen MR) is 80.6 cm³/mol. The van der Waals surface area contributed by atoms with Gasteiger partial charge >= 0.3 is 5.97 Å². The zero-order valence-electron chi connectivity index (χ0n) is 13.1. The fourth-order valence-corrected chi connectivity index (χ4v) is 1.74. The minimum atomic E-state index is -1.08. The van der Waals surface area contributed by atoms with E-state index in [-0.39, 0.29) is 0 Å². The highest BCUT2D eigenvalue weighted by atomic mass is 16.5. The second-order valence-electron chi connectivity index (χ2n) is 5.51. The van der Waals surface area contributed by atoms with Gasteiger partial charge < -0.3 is 15.2 Å². The van der Waals surface area contributed by atoms with E-state index in [0.717, 1.165) is 11.1 Å². The van der Waals surface area contributed by atoms with E-state index in [0.29, 0.717) is 11.7 Å². The van der Waals surface area contributed by atoms with Gasteiger partial charge in [0.05, 0.1) is 0 Å². The van der Waals surface area contributed by atoms with Gasteiger partial charge in [0, 0.05) is 0 Å². The Balaban J connectivity index is 2.78. The summed E-state index contributed by atoms with van der Waals surface area (Å²) in [6.07, 6.45) is -0.757. The highest BCUT2D eigenvalue weighted by Gasteiger charge is 2.20. The van der Waals surface area contributed by atoms with E-state index in [2.05, 4.69) is 19.2 Å². The van der Waals surface area contributed by atoms with Crippen LogP contribution in [0, 0.1) is 6.92 Å². The molecule has 5 heteroatoms. The number of aryl methyl sites for hydroxylation is 1. The number of hydrogen-bond donors (Lipinski definition) is 2. The molecule has 0 radical (unpaired) electrons. The summed E-state index contributed by atoms with van der Waals surface area (Å²) in [6, 6.07) is 4.97. The number of rotatable bonds is 6. The molecule has 2 N–H and O–H groups in total. The Morgan fingerprint density at radius 1 is 1.19 bits per heavy atom. The number of carbonyl (C=O) groups is 2. The maximum absolute atomic E-state index is 11.9. The van der Waals surface area contributed by atoms with E-state index in [1.807, 2.05) is 25.1 Å². The standard InChI is InChI=1S/C16H23NO4/c1-9(2)13-7-6-10(3)14(8-13)21-12(5)15(18)17-11(4)16(19)20/h6-9,11-12H,1-5H3,(H,17,18)(H,19,20). The average Bonchev–Trinajstić information content (AvgIpc) is 2.40. The first-order valence-corrected chi connectivity index (χ1v) is 7.02. The lowest BCUT2D eigenvalue weighted by molar-refractivity contribution is -0.142. The first-order chi connectivity index (χ1) is 9.72. The topological polar surface area (TPSA) is 75.6 Å². The van der Waals surface area contributed by atoms with Crippen molar-refractivity contribution in [1.82, 2.24) is 5.32 Å². The quantitative estimate of drug-likeness (QED) is 0.845. The molecule has 21 heavy (non-hydrogen) atoms. The van der Waals surface area contributed by atoms with Gasteiger partial charge in [-0.2, -0.15) is 0 Å². The molecule has 5 nitrogen and oxygen atoms in total. The van der Waals surface area contributed by atoms with Crippen LogP contribution in [0.4, 0.5) is 0 Å². The molecule has 0 bridgehead atoms. The molecule has 0 heterocycles. The molecule has 0 saturated heterocycles. The van der Waals surface area contributed by atoms with Crippen molar-refractivity contribution in [3.05, 3.63) is 29.3 Å². The molecule has 1 aromatic carbocycles. The Morgan fingerprint density at radius 2 is 1.81 bits per heavy atom. The molecule has 116 valence electrons. The smallest absolute Gasteiger partial charge is 0.325 e. The van der Waals surface area contributed by atoms with Crippen molar-refractivity contribution >= 4 is 11.9 Å². The van der Waals surface area contributed by atoms with Gasteiger partial charge in [0.1, 0.15) is 11.8 Å². The third-order valence-corrected chi connectivity index (χ3v) is 3.28. The number of nitrogens with one attached hydrogen (secondary N) is 1. The normalized spacial score (nSPS) is 13.6. The van der Waals surface area contributed by atoms with Crippen LogP contribution in [0.3, 0.4) is 0 Å². The van der Waals surface area contributed by atoms with Gasteiger partial charge in [-0.25, -0.2) is 0 Å². The van der Waals surface area contributed by atoms with Gasteiger partial charge in [-0.05, 0) is 43.9 Å². The van der Waals surface area contributed by atoms with Crippen LogP contribution in [-0.2, 0) is 9.59 Å². The van der Waals surface area contributed by atoms with Crippen molar-refractivity contribution in [3.8, 4) is 5.75 Å². The fourth-order valence-electron chi connectivity index (χ4n) is 1.74. The number of benzene rings is 1. The molecule has 1 rings (SSSR count). The minimum Gasteiger partial charge on any atom is -0.481 e. The van der Waals surface area contributed by atoms with Crippen LogP contribution in [0.2, 0.25) is 0 Å². The Hall–Kier alpha value is -2.04. The number of ether oxygens (including phenoxy) is 1. The molecular formula is C16H23NO4. The minimum absolute atomic E-state index is 0.365. The Labute approximate surface area is 125 Å². The third-order valence-electron chi connectivity index (χ3n) is 3.28. The van der Waals surface area contributed by atoms with Crippen LogP contribution in [0.5, 0.6) is 5.75 Å². The number of amides is 1. The summed E-state index contributed by atoms with van der Waals surface area (Å²) in [5.74, 6) is -0.510. The van der Waals surface area contributed by atoms with Crippen molar-refractivity contribution in [2.75, 3.05) is 0 Å². The molecule has 0 fully saturated rings. The molecular weight excluding hydrogens is 270 g/mol. The van der Waals surface area contributed by atoms with Crippen molar-refractivity contribution in [2.45, 2.75) is 52.7 Å². The van der Waals surface area contributed by atoms with Crippen LogP contribution >= 0.6 is 0 Å². The molecule has 0 spiro atoms. The molecule has 1 amide bonds. The van der Waals surface area contributed by atoms with Crippen LogP contribution in [0.15, 0.2) is 18.2 Å². The van der Waals surface area contributed by atoms with E-state index in [1.54, 1.807) is 6.92 Å². The van der Waals surface area contributed by atoms with Crippen LogP contribution in [-0.4, -0.2) is 29.1 Å². The number of carboxylic acids is 1. The molecule has 0 aromatic heterocycles. The first-order valence-electron chi connectivity index (χ1n) is 7.02. The number of carboxylic acid groups (broad SMARTS) is 1. The van der Waals surface area contributed by atoms with E-state index >= 15 is 0 Å². The summed E-state index contributed by atoms with van der Waals surface area (Å²) < 4.78 is 5.67. The lowest BCUT2D eigenvalue weighted by Crippen LogP contribution is -2.44. The second-order valence-corrected chi connectivity index (χ2v) is 5.51. The summed E-state index contributed by atoms with van der Waals surface area (Å²) in [5, 5.41) is 11.2. The maximum Gasteiger partial charge on any atom is 0.325 e. The molecule has 1 aromatic rings. The van der Waals surface area contributed by atoms with Crippen molar-refractivity contribution < 1.29 is 19.4 Å². The Kier molecular flexibility index (Phi) is 5.76. The van der Waals surface area contributed by atoms with E-state index in [4.69, 9.17) is 9.84 Å². The highest BCUT2D eigenvalue weighted by molar-refractivity contribution is 5.86. The zero-order valence-corrected chi connectivity index (χ0v) is 13.1. The lowest BCUT2D eigenvalue weighted by Gasteiger charge is -2.19. The Morgan fingerprint density at radius 3 is 2.33 bits per heavy atom. The van der Waals surface area contributed by atoms with E-state index in [1.165, 1.54) is 6.92 Å². The number of aliphatic carboxylic acids is 1. The van der Waals surface area contributed by atoms with Gasteiger partial charge in [-0.15, -0.1) is 0 Å². The van der Waals surface area contributed by atoms with E-state index in [9.17, 15) is 9.59 Å². The summed E-state index contributed by atoms with van der Waals surface area (Å²) in [5.41, 5.74) is 2.06. The molecule has 0 aliphatic rings. The van der Waals surface area contributed by atoms with Gasteiger partial charge in [0.25, 0.3) is 5.91 Å². The number of carbonyl (C=O) groups excluding carboxylic acids is 1. The lowest BCUT2D eigenvalue weighted by atomic mass is 10.0. The third kappa shape index (κ3) is 4.77. The predicted octanol–water partition coefficient (Wildman–Crippen LogP) is 2.48. The SMILES string of the molecule is Cc1ccc(C(C)C)cc1OC(C)C(=O)NC(C)C(=O)O. The van der Waals surface area contributed by atoms with Gasteiger partial charge in [-0.3, -0.25) is 9.59 Å². The van der Waals surface area contributed by atoms with Crippen molar-refractivity contribution in [3.63, 3.8) is 0 Å². The highest BCUT2D eigenvalue weighted by Crippen LogP contribution is 2.25. The summed E-state index contributed by atoms with van der Waals surface area (Å²) in [7, 11) is 0. The molecule has 2 unspecified atom stereocenters. The van der Waals surface area contributed by atoms with E-state index < -0.39 is 24.0 Å².